The Kier molecular flexibility index (Phi) is 16.4. The molecule has 0 aliphatic heterocycles. The van der Waals surface area contributed by atoms with Crippen molar-refractivity contribution >= 4 is 11.9 Å². The highest BCUT2D eigenvalue weighted by atomic mass is 16.6. The molecule has 0 rings (SSSR count). The summed E-state index contributed by atoms with van der Waals surface area (Å²) < 4.78 is 15.5. The number of carbonyl (C=O) groups excluding carboxylic acids is 2. The quantitative estimate of drug-likeness (QED) is 0.316. The Hall–Kier alpha value is -1.10. The maximum absolute atomic E-state index is 11.5. The molecule has 0 aromatic rings. The maximum atomic E-state index is 11.5. The first-order valence-electron chi connectivity index (χ1n) is 9.09. The summed E-state index contributed by atoms with van der Waals surface area (Å²) in [5, 5.41) is 0. The molecule has 0 spiro atoms. The molecule has 0 radical (unpaired) electrons. The van der Waals surface area contributed by atoms with Crippen LogP contribution in [-0.2, 0) is 23.8 Å². The van der Waals surface area contributed by atoms with Gasteiger partial charge in [-0.3, -0.25) is 9.59 Å². The molecular weight excluding hydrogens is 296 g/mol. The number of hydrogen-bond acceptors (Lipinski definition) is 5. The molecule has 0 aliphatic rings. The first-order chi connectivity index (χ1) is 11.2. The zero-order valence-electron chi connectivity index (χ0n) is 14.9. The summed E-state index contributed by atoms with van der Waals surface area (Å²) in [7, 11) is 0. The summed E-state index contributed by atoms with van der Waals surface area (Å²) >= 11 is 0. The second-order valence-electron chi connectivity index (χ2n) is 5.67. The number of unbranched alkanes of at least 4 members (excludes halogenated alkanes) is 5. The molecule has 0 saturated heterocycles. The Bertz CT molecular complexity index is 291. The third kappa shape index (κ3) is 17.1. The fourth-order valence-electron chi connectivity index (χ4n) is 1.96. The van der Waals surface area contributed by atoms with Crippen LogP contribution in [0.5, 0.6) is 0 Å². The molecule has 0 aromatic heterocycles. The van der Waals surface area contributed by atoms with E-state index < -0.39 is 0 Å². The second-order valence-corrected chi connectivity index (χ2v) is 5.67. The van der Waals surface area contributed by atoms with Gasteiger partial charge in [0.15, 0.2) is 0 Å². The van der Waals surface area contributed by atoms with Gasteiger partial charge in [0, 0.05) is 19.4 Å². The summed E-state index contributed by atoms with van der Waals surface area (Å²) in [5.74, 6) is -0.392. The maximum Gasteiger partial charge on any atom is 0.305 e. The van der Waals surface area contributed by atoms with E-state index in [0.717, 1.165) is 25.7 Å². The summed E-state index contributed by atoms with van der Waals surface area (Å²) in [6, 6.07) is 0. The Labute approximate surface area is 141 Å². The monoisotopic (exact) mass is 330 g/mol. The van der Waals surface area contributed by atoms with Crippen LogP contribution in [0.2, 0.25) is 0 Å². The molecule has 0 N–H and O–H groups in total. The number of hydrogen-bond donors (Lipinski definition) is 0. The van der Waals surface area contributed by atoms with E-state index in [1.807, 2.05) is 0 Å². The van der Waals surface area contributed by atoms with Crippen LogP contribution in [0, 0.1) is 0 Å². The van der Waals surface area contributed by atoms with Gasteiger partial charge in [-0.25, -0.2) is 0 Å². The van der Waals surface area contributed by atoms with Gasteiger partial charge in [0.05, 0.1) is 13.2 Å². The van der Waals surface area contributed by atoms with Gasteiger partial charge in [-0.15, -0.1) is 0 Å². The van der Waals surface area contributed by atoms with Crippen LogP contribution in [0.1, 0.15) is 78.1 Å². The average Bonchev–Trinajstić information content (AvgIpc) is 2.54. The van der Waals surface area contributed by atoms with E-state index in [-0.39, 0.29) is 11.9 Å². The van der Waals surface area contributed by atoms with Gasteiger partial charge in [0.1, 0.15) is 6.61 Å². The zero-order chi connectivity index (χ0) is 17.2. The van der Waals surface area contributed by atoms with Crippen molar-refractivity contribution in [2.75, 3.05) is 26.4 Å². The van der Waals surface area contributed by atoms with Crippen molar-refractivity contribution in [2.45, 2.75) is 78.1 Å². The van der Waals surface area contributed by atoms with Crippen LogP contribution in [0.4, 0.5) is 0 Å². The predicted molar refractivity (Wildman–Crippen MR) is 90.3 cm³/mol. The first-order valence-corrected chi connectivity index (χ1v) is 9.09. The molecule has 5 nitrogen and oxygen atoms in total. The van der Waals surface area contributed by atoms with Crippen molar-refractivity contribution < 1.29 is 23.8 Å². The largest absolute Gasteiger partial charge is 0.466 e. The molecule has 0 aliphatic carbocycles. The average molecular weight is 330 g/mol. The number of ether oxygens (including phenoxy) is 3. The van der Waals surface area contributed by atoms with Crippen LogP contribution >= 0.6 is 0 Å². The lowest BCUT2D eigenvalue weighted by Crippen LogP contribution is -2.11. The normalized spacial score (nSPS) is 10.5. The highest BCUT2D eigenvalue weighted by Crippen LogP contribution is 2.04. The molecule has 0 bridgehead atoms. The molecular formula is C18H34O5. The topological polar surface area (TPSA) is 61.8 Å². The Morgan fingerprint density at radius 2 is 1.22 bits per heavy atom. The van der Waals surface area contributed by atoms with E-state index in [4.69, 9.17) is 14.2 Å². The van der Waals surface area contributed by atoms with Crippen LogP contribution in [0.15, 0.2) is 0 Å². The fraction of sp³-hybridized carbons (Fsp3) is 0.889. The predicted octanol–water partition coefficient (Wildman–Crippen LogP) is 4.03. The molecule has 0 atom stereocenters. The van der Waals surface area contributed by atoms with Gasteiger partial charge < -0.3 is 14.2 Å². The number of carbonyl (C=O) groups is 2. The van der Waals surface area contributed by atoms with Gasteiger partial charge >= 0.3 is 11.9 Å². The lowest BCUT2D eigenvalue weighted by molar-refractivity contribution is -0.146. The van der Waals surface area contributed by atoms with Gasteiger partial charge in [-0.2, -0.15) is 0 Å². The zero-order valence-corrected chi connectivity index (χ0v) is 14.9. The molecule has 136 valence electrons. The van der Waals surface area contributed by atoms with Crippen molar-refractivity contribution in [3.8, 4) is 0 Å². The lowest BCUT2D eigenvalue weighted by Gasteiger charge is -2.06. The molecule has 0 fully saturated rings. The van der Waals surface area contributed by atoms with Crippen molar-refractivity contribution in [3.05, 3.63) is 0 Å². The molecule has 5 heteroatoms. The van der Waals surface area contributed by atoms with Crippen LogP contribution in [-0.4, -0.2) is 38.4 Å². The Balaban J connectivity index is 3.32. The SMILES string of the molecule is CCCCCCOC(=O)CCCCC(=O)OCCOCCCC. The van der Waals surface area contributed by atoms with Crippen molar-refractivity contribution in [2.24, 2.45) is 0 Å². The van der Waals surface area contributed by atoms with Crippen LogP contribution < -0.4 is 0 Å². The standard InChI is InChI=1S/C18H34O5/c1-3-5-7-10-14-22-17(19)11-8-9-12-18(20)23-16-15-21-13-6-4-2/h3-16H2,1-2H3. The summed E-state index contributed by atoms with van der Waals surface area (Å²) in [6.07, 6.45) is 8.57. The van der Waals surface area contributed by atoms with Crippen molar-refractivity contribution in [1.29, 1.82) is 0 Å². The summed E-state index contributed by atoms with van der Waals surface area (Å²) in [4.78, 5) is 22.9. The third-order valence-corrected chi connectivity index (χ3v) is 3.41. The molecule has 0 aromatic carbocycles. The second kappa shape index (κ2) is 17.3. The highest BCUT2D eigenvalue weighted by molar-refractivity contribution is 5.70. The van der Waals surface area contributed by atoms with Crippen molar-refractivity contribution in [3.63, 3.8) is 0 Å². The molecule has 23 heavy (non-hydrogen) atoms. The summed E-state index contributed by atoms with van der Waals surface area (Å²) in [6.45, 7) is 6.24. The minimum Gasteiger partial charge on any atom is -0.466 e. The highest BCUT2D eigenvalue weighted by Gasteiger charge is 2.06. The molecule has 0 saturated carbocycles. The Morgan fingerprint density at radius 1 is 0.609 bits per heavy atom. The van der Waals surface area contributed by atoms with E-state index in [1.165, 1.54) is 12.8 Å². The first kappa shape index (κ1) is 21.9. The van der Waals surface area contributed by atoms with E-state index in [0.29, 0.717) is 52.1 Å². The summed E-state index contributed by atoms with van der Waals surface area (Å²) in [5.41, 5.74) is 0. The van der Waals surface area contributed by atoms with Crippen LogP contribution in [0.3, 0.4) is 0 Å². The van der Waals surface area contributed by atoms with Gasteiger partial charge in [0.2, 0.25) is 0 Å². The fourth-order valence-corrected chi connectivity index (χ4v) is 1.96. The smallest absolute Gasteiger partial charge is 0.305 e. The number of rotatable bonds is 16. The van der Waals surface area contributed by atoms with Crippen molar-refractivity contribution in [1.82, 2.24) is 0 Å². The minimum absolute atomic E-state index is 0.167. The molecule has 0 unspecified atom stereocenters. The number of esters is 2. The van der Waals surface area contributed by atoms with Crippen LogP contribution in [0.25, 0.3) is 0 Å². The molecule has 0 amide bonds. The van der Waals surface area contributed by atoms with E-state index in [1.54, 1.807) is 0 Å². The van der Waals surface area contributed by atoms with E-state index in [2.05, 4.69) is 13.8 Å². The molecule has 0 heterocycles. The minimum atomic E-state index is -0.225. The Morgan fingerprint density at radius 3 is 1.83 bits per heavy atom. The third-order valence-electron chi connectivity index (χ3n) is 3.41. The van der Waals surface area contributed by atoms with Gasteiger partial charge in [-0.05, 0) is 25.7 Å². The lowest BCUT2D eigenvalue weighted by atomic mass is 10.2. The van der Waals surface area contributed by atoms with Gasteiger partial charge in [0.25, 0.3) is 0 Å². The van der Waals surface area contributed by atoms with Gasteiger partial charge in [-0.1, -0.05) is 39.5 Å². The van der Waals surface area contributed by atoms with E-state index in [9.17, 15) is 9.59 Å². The van der Waals surface area contributed by atoms with E-state index >= 15 is 0 Å².